The monoisotopic (exact) mass is 434 g/mol. The van der Waals surface area contributed by atoms with Crippen LogP contribution in [0.1, 0.15) is 37.4 Å². The highest BCUT2D eigenvalue weighted by Crippen LogP contribution is 2.29. The van der Waals surface area contributed by atoms with Crippen LogP contribution >= 0.6 is 0 Å². The molecule has 1 atom stereocenters. The lowest BCUT2D eigenvalue weighted by Crippen LogP contribution is -2.41. The molecule has 0 saturated carbocycles. The van der Waals surface area contributed by atoms with E-state index in [4.69, 9.17) is 0 Å². The zero-order chi connectivity index (χ0) is 22.4. The van der Waals surface area contributed by atoms with Gasteiger partial charge in [-0.2, -0.15) is 13.2 Å². The van der Waals surface area contributed by atoms with E-state index in [1.165, 1.54) is 6.07 Å². The van der Waals surface area contributed by atoms with Gasteiger partial charge >= 0.3 is 6.18 Å². The van der Waals surface area contributed by atoms with Crippen molar-refractivity contribution >= 4 is 11.7 Å². The van der Waals surface area contributed by atoms with Crippen LogP contribution in [-0.2, 0) is 11.0 Å². The fraction of sp³-hybridized carbons (Fsp3) is 0.478. The fourth-order valence-corrected chi connectivity index (χ4v) is 3.82. The molecule has 1 fully saturated rings. The summed E-state index contributed by atoms with van der Waals surface area (Å²) in [5.74, 6) is 0.767. The molecule has 31 heavy (non-hydrogen) atoms. The number of hydrogen-bond donors (Lipinski definition) is 1. The van der Waals surface area contributed by atoms with Crippen molar-refractivity contribution in [3.05, 3.63) is 59.8 Å². The molecule has 1 amide bonds. The summed E-state index contributed by atoms with van der Waals surface area (Å²) in [5.41, 5.74) is 0.337. The Hall–Kier alpha value is -2.61. The highest BCUT2D eigenvalue weighted by Gasteiger charge is 2.31. The van der Waals surface area contributed by atoms with E-state index in [1.54, 1.807) is 0 Å². The summed E-state index contributed by atoms with van der Waals surface area (Å²) < 4.78 is 38.2. The van der Waals surface area contributed by atoms with Crippen molar-refractivity contribution in [2.75, 3.05) is 37.6 Å². The average Bonchev–Trinajstić information content (AvgIpc) is 2.97. The number of rotatable bonds is 6. The van der Waals surface area contributed by atoms with Gasteiger partial charge in [0.05, 0.1) is 18.2 Å². The first-order valence-corrected chi connectivity index (χ1v) is 10.6. The maximum absolute atomic E-state index is 12.7. The molecule has 1 aromatic carbocycles. The van der Waals surface area contributed by atoms with Gasteiger partial charge in [-0.3, -0.25) is 9.69 Å². The van der Waals surface area contributed by atoms with Crippen molar-refractivity contribution in [3.8, 4) is 0 Å². The van der Waals surface area contributed by atoms with E-state index in [0.29, 0.717) is 32.0 Å². The first kappa shape index (κ1) is 23.1. The second kappa shape index (κ2) is 10.1. The van der Waals surface area contributed by atoms with Gasteiger partial charge in [0.2, 0.25) is 5.91 Å². The third-order valence-electron chi connectivity index (χ3n) is 5.50. The molecule has 0 bridgehead atoms. The Labute approximate surface area is 181 Å². The smallest absolute Gasteiger partial charge is 0.355 e. The topological polar surface area (TPSA) is 48.5 Å². The number of amides is 1. The van der Waals surface area contributed by atoms with E-state index in [1.807, 2.05) is 35.2 Å². The van der Waals surface area contributed by atoms with Crippen LogP contribution in [0, 0.1) is 5.92 Å². The molecule has 8 heteroatoms. The summed E-state index contributed by atoms with van der Waals surface area (Å²) in [4.78, 5) is 20.8. The maximum Gasteiger partial charge on any atom is 0.417 e. The van der Waals surface area contributed by atoms with Crippen molar-refractivity contribution in [2.24, 2.45) is 5.92 Å². The van der Waals surface area contributed by atoms with Crippen LogP contribution in [0.2, 0.25) is 0 Å². The number of alkyl halides is 3. The quantitative estimate of drug-likeness (QED) is 0.743. The Balaban J connectivity index is 1.55. The number of aromatic nitrogens is 1. The average molecular weight is 435 g/mol. The molecule has 1 unspecified atom stereocenters. The first-order chi connectivity index (χ1) is 14.7. The summed E-state index contributed by atoms with van der Waals surface area (Å²) in [6.45, 7) is 7.16. The van der Waals surface area contributed by atoms with Crippen molar-refractivity contribution in [2.45, 2.75) is 32.5 Å². The molecule has 1 saturated heterocycles. The number of carbonyl (C=O) groups excluding carboxylic acids is 1. The van der Waals surface area contributed by atoms with Gasteiger partial charge in [0.25, 0.3) is 0 Å². The maximum atomic E-state index is 12.7. The molecule has 1 N–H and O–H groups in total. The highest BCUT2D eigenvalue weighted by molar-refractivity contribution is 5.78. The van der Waals surface area contributed by atoms with Gasteiger partial charge in [0.15, 0.2) is 0 Å². The third kappa shape index (κ3) is 6.43. The molecule has 0 spiro atoms. The normalized spacial score (nSPS) is 16.8. The van der Waals surface area contributed by atoms with Crippen LogP contribution in [0.5, 0.6) is 0 Å². The molecule has 0 radical (unpaired) electrons. The number of benzene rings is 1. The van der Waals surface area contributed by atoms with Crippen molar-refractivity contribution in [1.29, 1.82) is 0 Å². The predicted octanol–water partition coefficient (Wildman–Crippen LogP) is 4.13. The molecule has 168 valence electrons. The SMILES string of the molecule is CC(C)C(NC(=O)CN1CCCN(c2ccc(C(F)(F)F)cn2)CC1)c1ccccc1. The van der Waals surface area contributed by atoms with E-state index >= 15 is 0 Å². The molecule has 0 aliphatic carbocycles. The van der Waals surface area contributed by atoms with Crippen LogP contribution in [0.15, 0.2) is 48.7 Å². The number of halogens is 3. The zero-order valence-corrected chi connectivity index (χ0v) is 17.9. The standard InChI is InChI=1S/C23H29F3N4O/c1-17(2)22(18-7-4-3-5-8-18)28-21(31)16-29-11-6-12-30(14-13-29)20-10-9-19(15-27-20)23(24,25)26/h3-5,7-10,15,17,22H,6,11-14,16H2,1-2H3,(H,28,31). The molecule has 1 aromatic heterocycles. The van der Waals surface area contributed by atoms with Crippen molar-refractivity contribution in [1.82, 2.24) is 15.2 Å². The minimum absolute atomic E-state index is 0.0244. The molecular weight excluding hydrogens is 405 g/mol. The molecule has 5 nitrogen and oxygen atoms in total. The number of nitrogens with zero attached hydrogens (tertiary/aromatic N) is 3. The summed E-state index contributed by atoms with van der Waals surface area (Å²) >= 11 is 0. The van der Waals surface area contributed by atoms with Gasteiger partial charge in [0.1, 0.15) is 5.82 Å². The lowest BCUT2D eigenvalue weighted by molar-refractivity contribution is -0.137. The van der Waals surface area contributed by atoms with E-state index in [0.717, 1.165) is 30.8 Å². The van der Waals surface area contributed by atoms with Gasteiger partial charge in [-0.1, -0.05) is 44.2 Å². The van der Waals surface area contributed by atoms with Crippen LogP contribution in [-0.4, -0.2) is 48.5 Å². The van der Waals surface area contributed by atoms with E-state index < -0.39 is 11.7 Å². The Morgan fingerprint density at radius 2 is 1.81 bits per heavy atom. The van der Waals surface area contributed by atoms with Crippen LogP contribution < -0.4 is 10.2 Å². The summed E-state index contributed by atoms with van der Waals surface area (Å²) in [6.07, 6.45) is -2.70. The molecule has 2 heterocycles. The van der Waals surface area contributed by atoms with Crippen molar-refractivity contribution < 1.29 is 18.0 Å². The van der Waals surface area contributed by atoms with Crippen LogP contribution in [0.3, 0.4) is 0 Å². The van der Waals surface area contributed by atoms with Gasteiger partial charge in [-0.15, -0.1) is 0 Å². The van der Waals surface area contributed by atoms with Gasteiger partial charge in [0, 0.05) is 32.4 Å². The zero-order valence-electron chi connectivity index (χ0n) is 17.9. The first-order valence-electron chi connectivity index (χ1n) is 10.6. The minimum Gasteiger partial charge on any atom is -0.355 e. The van der Waals surface area contributed by atoms with Crippen LogP contribution in [0.4, 0.5) is 19.0 Å². The fourth-order valence-electron chi connectivity index (χ4n) is 3.82. The lowest BCUT2D eigenvalue weighted by atomic mass is 9.96. The lowest BCUT2D eigenvalue weighted by Gasteiger charge is -2.26. The molecule has 2 aromatic rings. The van der Waals surface area contributed by atoms with Gasteiger partial charge < -0.3 is 10.2 Å². The van der Waals surface area contributed by atoms with Crippen LogP contribution in [0.25, 0.3) is 0 Å². The molecular formula is C23H29F3N4O. The van der Waals surface area contributed by atoms with Gasteiger partial charge in [-0.25, -0.2) is 4.98 Å². The minimum atomic E-state index is -4.39. The summed E-state index contributed by atoms with van der Waals surface area (Å²) in [6, 6.07) is 12.4. The number of pyridine rings is 1. The number of anilines is 1. The third-order valence-corrected chi connectivity index (χ3v) is 5.50. The predicted molar refractivity (Wildman–Crippen MR) is 115 cm³/mol. The number of hydrogen-bond acceptors (Lipinski definition) is 4. The number of carbonyl (C=O) groups is 1. The Morgan fingerprint density at radius 1 is 1.06 bits per heavy atom. The summed E-state index contributed by atoms with van der Waals surface area (Å²) in [7, 11) is 0. The van der Waals surface area contributed by atoms with Crippen molar-refractivity contribution in [3.63, 3.8) is 0 Å². The molecule has 1 aliphatic heterocycles. The van der Waals surface area contributed by atoms with E-state index in [2.05, 4.69) is 29.0 Å². The Kier molecular flexibility index (Phi) is 7.54. The highest BCUT2D eigenvalue weighted by atomic mass is 19.4. The van der Waals surface area contributed by atoms with E-state index in [9.17, 15) is 18.0 Å². The Bertz CT molecular complexity index is 840. The second-order valence-corrected chi connectivity index (χ2v) is 8.22. The molecule has 3 rings (SSSR count). The largest absolute Gasteiger partial charge is 0.417 e. The van der Waals surface area contributed by atoms with Gasteiger partial charge in [-0.05, 0) is 30.0 Å². The Morgan fingerprint density at radius 3 is 2.42 bits per heavy atom. The molecule has 1 aliphatic rings. The van der Waals surface area contributed by atoms with E-state index in [-0.39, 0.29) is 17.9 Å². The summed E-state index contributed by atoms with van der Waals surface area (Å²) in [5, 5.41) is 3.15. The second-order valence-electron chi connectivity index (χ2n) is 8.22. The number of nitrogens with one attached hydrogen (secondary N) is 1.